The van der Waals surface area contributed by atoms with Crippen molar-refractivity contribution in [1.82, 2.24) is 30.0 Å². The second-order valence-corrected chi connectivity index (χ2v) is 9.12. The molecule has 3 heterocycles. The number of furan rings is 1. The minimum Gasteiger partial charge on any atom is -0.497 e. The van der Waals surface area contributed by atoms with Gasteiger partial charge in [-0.05, 0) is 59.1 Å². The van der Waals surface area contributed by atoms with Crippen molar-refractivity contribution in [2.24, 2.45) is 0 Å². The summed E-state index contributed by atoms with van der Waals surface area (Å²) in [5.41, 5.74) is 2.79. The van der Waals surface area contributed by atoms with Gasteiger partial charge in [0.15, 0.2) is 17.4 Å². The van der Waals surface area contributed by atoms with Crippen molar-refractivity contribution in [3.8, 4) is 28.9 Å². The molecule has 0 aliphatic heterocycles. The summed E-state index contributed by atoms with van der Waals surface area (Å²) in [4.78, 5) is 23.8. The summed E-state index contributed by atoms with van der Waals surface area (Å²) < 4.78 is 18.7. The van der Waals surface area contributed by atoms with E-state index in [0.717, 1.165) is 29.3 Å². The van der Waals surface area contributed by atoms with E-state index in [2.05, 4.69) is 30.6 Å². The van der Waals surface area contributed by atoms with Crippen molar-refractivity contribution in [1.29, 1.82) is 0 Å². The fraction of sp³-hybridized carbons (Fsp3) is 0.333. The highest BCUT2D eigenvalue weighted by Crippen LogP contribution is 2.26. The van der Waals surface area contributed by atoms with Gasteiger partial charge >= 0.3 is 6.03 Å². The summed E-state index contributed by atoms with van der Waals surface area (Å²) in [7, 11) is 5.60. The number of hydrogen-bond donors (Lipinski definition) is 2. The number of aryl methyl sites for hydroxylation is 3. The lowest BCUT2D eigenvalue weighted by Crippen LogP contribution is -2.32. The zero-order valence-electron chi connectivity index (χ0n) is 22.5. The Morgan fingerprint density at radius 1 is 1.08 bits per heavy atom. The number of rotatable bonds is 10. The Hall–Kier alpha value is -4.38. The van der Waals surface area contributed by atoms with E-state index < -0.39 is 6.03 Å². The van der Waals surface area contributed by atoms with E-state index in [9.17, 15) is 4.79 Å². The zero-order valence-corrected chi connectivity index (χ0v) is 22.5. The van der Waals surface area contributed by atoms with E-state index >= 15 is 0 Å². The van der Waals surface area contributed by atoms with Crippen molar-refractivity contribution in [2.75, 3.05) is 39.7 Å². The molecular weight excluding hydrogens is 486 g/mol. The molecule has 200 valence electrons. The van der Waals surface area contributed by atoms with E-state index in [1.165, 1.54) is 0 Å². The smallest absolute Gasteiger partial charge is 0.320 e. The van der Waals surface area contributed by atoms with Crippen molar-refractivity contribution in [2.45, 2.75) is 27.3 Å². The maximum Gasteiger partial charge on any atom is 0.320 e. The fourth-order valence-corrected chi connectivity index (χ4v) is 3.89. The molecule has 2 amide bonds. The van der Waals surface area contributed by atoms with Crippen molar-refractivity contribution >= 4 is 11.8 Å². The molecule has 2 N–H and O–H groups in total. The van der Waals surface area contributed by atoms with Gasteiger partial charge in [0.25, 0.3) is 0 Å². The predicted molar refractivity (Wildman–Crippen MR) is 144 cm³/mol. The zero-order chi connectivity index (χ0) is 27.2. The summed E-state index contributed by atoms with van der Waals surface area (Å²) >= 11 is 0. The summed E-state index contributed by atoms with van der Waals surface area (Å²) in [5.74, 6) is 3.81. The Balaban J connectivity index is 1.44. The van der Waals surface area contributed by atoms with Gasteiger partial charge in [0.05, 0.1) is 19.3 Å². The van der Waals surface area contributed by atoms with Crippen molar-refractivity contribution in [3.05, 3.63) is 65.2 Å². The average molecular weight is 520 g/mol. The normalized spacial score (nSPS) is 11.0. The topological polar surface area (TPSA) is 120 Å². The lowest BCUT2D eigenvalue weighted by molar-refractivity contribution is 0.246. The number of hydrogen-bond acceptors (Lipinski definition) is 8. The number of carbonyl (C=O) groups is 1. The third-order valence-electron chi connectivity index (χ3n) is 5.55. The first-order chi connectivity index (χ1) is 18.2. The number of carbonyl (C=O) groups excluding carboxylic acids is 1. The lowest BCUT2D eigenvalue weighted by atomic mass is 10.2. The monoisotopic (exact) mass is 519 g/mol. The molecule has 11 heteroatoms. The minimum atomic E-state index is -0.424. The maximum atomic E-state index is 12.7. The van der Waals surface area contributed by atoms with Gasteiger partial charge in [0.2, 0.25) is 0 Å². The second-order valence-electron chi connectivity index (χ2n) is 9.12. The number of nitrogens with one attached hydrogen (secondary N) is 2. The van der Waals surface area contributed by atoms with Crippen molar-refractivity contribution < 1.29 is 18.7 Å². The van der Waals surface area contributed by atoms with Gasteiger partial charge < -0.3 is 24.1 Å². The van der Waals surface area contributed by atoms with Crippen LogP contribution in [0.4, 0.5) is 10.6 Å². The molecule has 0 saturated carbocycles. The highest BCUT2D eigenvalue weighted by molar-refractivity contribution is 5.88. The summed E-state index contributed by atoms with van der Waals surface area (Å²) in [6.07, 6.45) is 0. The predicted octanol–water partition coefficient (Wildman–Crippen LogP) is 4.12. The molecule has 4 rings (SSSR count). The molecule has 0 fully saturated rings. The molecule has 4 aromatic rings. The molecule has 0 saturated heterocycles. The third kappa shape index (κ3) is 6.68. The second kappa shape index (κ2) is 11.8. The molecular formula is C27H33N7O4. The number of benzene rings is 1. The van der Waals surface area contributed by atoms with E-state index in [0.29, 0.717) is 34.7 Å². The van der Waals surface area contributed by atoms with Crippen LogP contribution in [0.3, 0.4) is 0 Å². The molecule has 0 radical (unpaired) electrons. The van der Waals surface area contributed by atoms with Crippen LogP contribution in [0.5, 0.6) is 11.5 Å². The third-order valence-corrected chi connectivity index (χ3v) is 5.55. The molecule has 11 nitrogen and oxygen atoms in total. The molecule has 0 spiro atoms. The number of methoxy groups -OCH3 is 1. The van der Waals surface area contributed by atoms with E-state index in [1.54, 1.807) is 23.9 Å². The van der Waals surface area contributed by atoms with Crippen LogP contribution in [0.1, 0.15) is 22.7 Å². The van der Waals surface area contributed by atoms with Crippen LogP contribution in [0.25, 0.3) is 17.4 Å². The van der Waals surface area contributed by atoms with Crippen LogP contribution in [0.15, 0.2) is 46.9 Å². The first kappa shape index (κ1) is 26.7. The first-order valence-electron chi connectivity index (χ1n) is 12.2. The van der Waals surface area contributed by atoms with Crippen LogP contribution >= 0.6 is 0 Å². The quantitative estimate of drug-likeness (QED) is 0.300. The highest BCUT2D eigenvalue weighted by Gasteiger charge is 2.15. The van der Waals surface area contributed by atoms with Gasteiger partial charge in [0, 0.05) is 29.9 Å². The molecule has 0 atom stereocenters. The Morgan fingerprint density at radius 3 is 2.55 bits per heavy atom. The summed E-state index contributed by atoms with van der Waals surface area (Å²) in [6, 6.07) is 12.5. The number of anilines is 1. The van der Waals surface area contributed by atoms with Gasteiger partial charge in [-0.2, -0.15) is 5.10 Å². The average Bonchev–Trinajstić information content (AvgIpc) is 3.46. The van der Waals surface area contributed by atoms with E-state index in [-0.39, 0.29) is 13.2 Å². The summed E-state index contributed by atoms with van der Waals surface area (Å²) in [5, 5.41) is 10.1. The molecule has 0 bridgehead atoms. The van der Waals surface area contributed by atoms with Gasteiger partial charge in [-0.3, -0.25) is 5.32 Å². The lowest BCUT2D eigenvalue weighted by Gasteiger charge is -2.16. The van der Waals surface area contributed by atoms with Gasteiger partial charge in [-0.25, -0.2) is 19.4 Å². The van der Waals surface area contributed by atoms with Gasteiger partial charge in [-0.1, -0.05) is 6.07 Å². The van der Waals surface area contributed by atoms with Gasteiger partial charge in [0.1, 0.15) is 29.7 Å². The van der Waals surface area contributed by atoms with Crippen LogP contribution in [-0.4, -0.2) is 65.0 Å². The standard InChI is InChI=1S/C27H33N7O4/c1-17-13-18(2)34(32-17)25-15-24(29-26(31-25)22-10-7-19(3)38-22)30-27(35)28-11-12-37-23-14-21(36-6)9-8-20(23)16-33(4)5/h7-10,13-15H,11-12,16H2,1-6H3,(H2,28,29,30,31,35). The van der Waals surface area contributed by atoms with E-state index in [1.807, 2.05) is 65.2 Å². The number of urea groups is 1. The fourth-order valence-electron chi connectivity index (χ4n) is 3.89. The first-order valence-corrected chi connectivity index (χ1v) is 12.2. The SMILES string of the molecule is COc1ccc(CN(C)C)c(OCCNC(=O)Nc2cc(-n3nc(C)cc3C)nc(-c3ccc(C)o3)n2)c1. The van der Waals surface area contributed by atoms with Crippen molar-refractivity contribution in [3.63, 3.8) is 0 Å². The molecule has 3 aromatic heterocycles. The molecule has 0 aliphatic rings. The minimum absolute atomic E-state index is 0.277. The molecule has 0 unspecified atom stereocenters. The summed E-state index contributed by atoms with van der Waals surface area (Å²) in [6.45, 7) is 6.97. The Kier molecular flexibility index (Phi) is 8.27. The molecule has 38 heavy (non-hydrogen) atoms. The van der Waals surface area contributed by atoms with Crippen LogP contribution < -0.4 is 20.1 Å². The number of nitrogens with zero attached hydrogens (tertiary/aromatic N) is 5. The maximum absolute atomic E-state index is 12.7. The van der Waals surface area contributed by atoms with Crippen LogP contribution in [-0.2, 0) is 6.54 Å². The molecule has 0 aliphatic carbocycles. The van der Waals surface area contributed by atoms with Crippen LogP contribution in [0.2, 0.25) is 0 Å². The number of aromatic nitrogens is 4. The van der Waals surface area contributed by atoms with E-state index in [4.69, 9.17) is 13.9 Å². The van der Waals surface area contributed by atoms with Crippen LogP contribution in [0, 0.1) is 20.8 Å². The highest BCUT2D eigenvalue weighted by atomic mass is 16.5. The number of amides is 2. The van der Waals surface area contributed by atoms with Gasteiger partial charge in [-0.15, -0.1) is 0 Å². The Morgan fingerprint density at radius 2 is 1.89 bits per heavy atom. The number of ether oxygens (including phenoxy) is 2. The largest absolute Gasteiger partial charge is 0.497 e. The molecule has 1 aromatic carbocycles. The Labute approximate surface area is 221 Å². The Bertz CT molecular complexity index is 1410.